The van der Waals surface area contributed by atoms with Crippen molar-refractivity contribution in [2.75, 3.05) is 5.75 Å². The van der Waals surface area contributed by atoms with Gasteiger partial charge in [0.1, 0.15) is 12.3 Å². The summed E-state index contributed by atoms with van der Waals surface area (Å²) < 4.78 is 5.48. The summed E-state index contributed by atoms with van der Waals surface area (Å²) in [6, 6.07) is 5.42. The number of non-ortho nitro benzene ring substituents is 1. The van der Waals surface area contributed by atoms with Gasteiger partial charge in [-0.1, -0.05) is 6.92 Å². The van der Waals surface area contributed by atoms with Crippen molar-refractivity contribution in [2.45, 2.75) is 39.0 Å². The SMILES string of the molecule is C[C@@H](O)[C@H]1C(=O)N2C(C(=O)OCc3ccc([N+](=O)[O-])cc3)=C(SCCc3cn[nH]n3)[C@H](C)[C@H]12. The number of aliphatic hydroxyl groups excluding tert-OH is 1. The van der Waals surface area contributed by atoms with Crippen LogP contribution in [0.3, 0.4) is 0 Å². The Morgan fingerprint density at radius 2 is 2.12 bits per heavy atom. The molecule has 0 unspecified atom stereocenters. The van der Waals surface area contributed by atoms with Crippen LogP contribution in [0.5, 0.6) is 0 Å². The maximum absolute atomic E-state index is 13.1. The molecule has 2 aliphatic heterocycles. The van der Waals surface area contributed by atoms with Crippen molar-refractivity contribution >= 4 is 29.3 Å². The molecule has 1 fully saturated rings. The van der Waals surface area contributed by atoms with Crippen molar-refractivity contribution in [3.8, 4) is 0 Å². The van der Waals surface area contributed by atoms with Gasteiger partial charge in [-0.15, -0.1) is 11.8 Å². The van der Waals surface area contributed by atoms with Crippen molar-refractivity contribution in [3.05, 3.63) is 62.4 Å². The summed E-state index contributed by atoms with van der Waals surface area (Å²) >= 11 is 1.46. The maximum Gasteiger partial charge on any atom is 0.356 e. The average Bonchev–Trinajstić information content (AvgIpc) is 3.37. The fraction of sp³-hybridized carbons (Fsp3) is 0.429. The first-order valence-corrected chi connectivity index (χ1v) is 11.4. The Morgan fingerprint density at radius 1 is 1.39 bits per heavy atom. The van der Waals surface area contributed by atoms with Crippen LogP contribution < -0.4 is 0 Å². The first-order chi connectivity index (χ1) is 15.8. The number of nitrogens with zero attached hydrogens (tertiary/aromatic N) is 4. The number of rotatable bonds is 9. The number of benzene rings is 1. The normalized spacial score (nSPS) is 22.7. The van der Waals surface area contributed by atoms with Crippen LogP contribution in [-0.2, 0) is 27.4 Å². The molecule has 0 radical (unpaired) electrons. The molecule has 0 aliphatic carbocycles. The molecular formula is C21H23N5O6S. The van der Waals surface area contributed by atoms with Gasteiger partial charge in [0.05, 0.1) is 34.9 Å². The van der Waals surface area contributed by atoms with E-state index in [2.05, 4.69) is 15.4 Å². The summed E-state index contributed by atoms with van der Waals surface area (Å²) in [5.74, 6) is -1.00. The highest BCUT2D eigenvalue weighted by Gasteiger charge is 2.60. The van der Waals surface area contributed by atoms with Crippen LogP contribution in [0.15, 0.2) is 41.1 Å². The number of esters is 1. The van der Waals surface area contributed by atoms with Crippen LogP contribution in [0.2, 0.25) is 0 Å². The Kier molecular flexibility index (Phi) is 6.47. The van der Waals surface area contributed by atoms with Gasteiger partial charge in [-0.25, -0.2) is 4.79 Å². The van der Waals surface area contributed by atoms with E-state index in [0.29, 0.717) is 17.7 Å². The number of hydrogen-bond acceptors (Lipinski definition) is 9. The molecule has 174 valence electrons. The molecule has 2 N–H and O–H groups in total. The number of aromatic amines is 1. The number of thioether (sulfide) groups is 1. The summed E-state index contributed by atoms with van der Waals surface area (Å²) in [6.07, 6.45) is 1.44. The number of ether oxygens (including phenoxy) is 1. The zero-order valence-corrected chi connectivity index (χ0v) is 18.8. The molecule has 1 aromatic heterocycles. The number of hydrogen-bond donors (Lipinski definition) is 2. The van der Waals surface area contributed by atoms with Crippen molar-refractivity contribution in [1.82, 2.24) is 20.3 Å². The number of carbonyl (C=O) groups is 2. The lowest BCUT2D eigenvalue weighted by Gasteiger charge is -2.46. The molecule has 1 aromatic carbocycles. The number of nitro benzene ring substituents is 1. The number of nitro groups is 1. The number of aryl methyl sites for hydroxylation is 1. The van der Waals surface area contributed by atoms with Gasteiger partial charge < -0.3 is 14.7 Å². The molecular weight excluding hydrogens is 450 g/mol. The molecule has 12 heteroatoms. The first-order valence-electron chi connectivity index (χ1n) is 10.4. The second-order valence-electron chi connectivity index (χ2n) is 8.03. The molecule has 1 saturated heterocycles. The van der Waals surface area contributed by atoms with E-state index in [-0.39, 0.29) is 35.9 Å². The lowest BCUT2D eigenvalue weighted by atomic mass is 9.79. The molecule has 4 rings (SSSR count). The van der Waals surface area contributed by atoms with Gasteiger partial charge in [-0.05, 0) is 24.6 Å². The Balaban J connectivity index is 1.51. The lowest BCUT2D eigenvalue weighted by molar-refractivity contribution is -0.384. The Morgan fingerprint density at radius 3 is 2.73 bits per heavy atom. The number of amides is 1. The second kappa shape index (κ2) is 9.32. The van der Waals surface area contributed by atoms with Crippen LogP contribution >= 0.6 is 11.8 Å². The van der Waals surface area contributed by atoms with E-state index < -0.39 is 22.9 Å². The smallest absolute Gasteiger partial charge is 0.356 e. The molecule has 1 amide bonds. The molecule has 33 heavy (non-hydrogen) atoms. The quantitative estimate of drug-likeness (QED) is 0.240. The molecule has 4 atom stereocenters. The maximum atomic E-state index is 13.1. The van der Waals surface area contributed by atoms with Crippen molar-refractivity contribution < 1.29 is 24.4 Å². The summed E-state index contributed by atoms with van der Waals surface area (Å²) in [4.78, 5) is 38.3. The number of β-lactam (4-membered cyclic amide) rings is 1. The van der Waals surface area contributed by atoms with E-state index in [4.69, 9.17) is 4.74 Å². The predicted octanol–water partition coefficient (Wildman–Crippen LogP) is 1.80. The third-order valence-corrected chi connectivity index (χ3v) is 7.18. The summed E-state index contributed by atoms with van der Waals surface area (Å²) in [5, 5.41) is 31.3. The molecule has 11 nitrogen and oxygen atoms in total. The van der Waals surface area contributed by atoms with E-state index in [9.17, 15) is 24.8 Å². The Hall–Kier alpha value is -3.25. The van der Waals surface area contributed by atoms with Gasteiger partial charge in [-0.3, -0.25) is 14.9 Å². The fourth-order valence-electron chi connectivity index (χ4n) is 4.25. The van der Waals surface area contributed by atoms with Crippen molar-refractivity contribution in [1.29, 1.82) is 0 Å². The van der Waals surface area contributed by atoms with Crippen molar-refractivity contribution in [2.24, 2.45) is 11.8 Å². The number of nitrogens with one attached hydrogen (secondary N) is 1. The van der Waals surface area contributed by atoms with Crippen LogP contribution in [0.25, 0.3) is 0 Å². The van der Waals surface area contributed by atoms with Gasteiger partial charge >= 0.3 is 5.97 Å². The molecule has 0 saturated carbocycles. The van der Waals surface area contributed by atoms with Gasteiger partial charge in [0.15, 0.2) is 0 Å². The zero-order chi connectivity index (χ0) is 23.7. The van der Waals surface area contributed by atoms with E-state index in [0.717, 1.165) is 10.6 Å². The van der Waals surface area contributed by atoms with E-state index in [1.165, 1.54) is 40.9 Å². The second-order valence-corrected chi connectivity index (χ2v) is 9.16. The van der Waals surface area contributed by atoms with Crippen LogP contribution in [0.1, 0.15) is 25.1 Å². The highest BCUT2D eigenvalue weighted by atomic mass is 32.2. The minimum Gasteiger partial charge on any atom is -0.456 e. The average molecular weight is 474 g/mol. The Bertz CT molecular complexity index is 1090. The van der Waals surface area contributed by atoms with Crippen LogP contribution in [-0.4, -0.2) is 60.1 Å². The number of aliphatic hydroxyl groups is 1. The van der Waals surface area contributed by atoms with Crippen molar-refractivity contribution in [3.63, 3.8) is 0 Å². The topological polar surface area (TPSA) is 152 Å². The Labute approximate surface area is 193 Å². The molecule has 2 aliphatic rings. The molecule has 0 bridgehead atoms. The molecule has 0 spiro atoms. The summed E-state index contributed by atoms with van der Waals surface area (Å²) in [6.45, 7) is 3.43. The summed E-state index contributed by atoms with van der Waals surface area (Å²) in [7, 11) is 0. The number of aromatic nitrogens is 3. The minimum atomic E-state index is -0.821. The number of H-pyrrole nitrogens is 1. The molecule has 3 heterocycles. The molecule has 2 aromatic rings. The largest absolute Gasteiger partial charge is 0.456 e. The first kappa shape index (κ1) is 22.9. The van der Waals surface area contributed by atoms with Crippen LogP contribution in [0, 0.1) is 22.0 Å². The fourth-order valence-corrected chi connectivity index (χ4v) is 5.50. The van der Waals surface area contributed by atoms with Gasteiger partial charge in [0.2, 0.25) is 5.91 Å². The monoisotopic (exact) mass is 473 g/mol. The third kappa shape index (κ3) is 4.35. The highest BCUT2D eigenvalue weighted by molar-refractivity contribution is 8.03. The van der Waals surface area contributed by atoms with Gasteiger partial charge in [-0.2, -0.15) is 15.4 Å². The standard InChI is InChI=1S/C21H23N5O6S/c1-11-17-16(12(2)27)20(28)25(17)18(19(11)33-8-7-14-9-22-24-23-14)21(29)32-10-13-3-5-15(6-4-13)26(30)31/h3-6,9,11-12,16-17,27H,7-8,10H2,1-2H3,(H,22,23,24)/t11-,12-,16-,17-/m1/s1. The number of fused-ring (bicyclic) bond motifs is 1. The highest BCUT2D eigenvalue weighted by Crippen LogP contribution is 2.50. The predicted molar refractivity (Wildman–Crippen MR) is 117 cm³/mol. The van der Waals surface area contributed by atoms with E-state index >= 15 is 0 Å². The van der Waals surface area contributed by atoms with E-state index in [1.807, 2.05) is 6.92 Å². The lowest BCUT2D eigenvalue weighted by Crippen LogP contribution is -2.63. The summed E-state index contributed by atoms with van der Waals surface area (Å²) in [5.41, 5.74) is 1.54. The minimum absolute atomic E-state index is 0.0543. The van der Waals surface area contributed by atoms with Crippen LogP contribution in [0.4, 0.5) is 5.69 Å². The third-order valence-electron chi connectivity index (χ3n) is 5.90. The van der Waals surface area contributed by atoms with Gasteiger partial charge in [0.25, 0.3) is 5.69 Å². The van der Waals surface area contributed by atoms with Gasteiger partial charge in [0, 0.05) is 35.1 Å². The zero-order valence-electron chi connectivity index (χ0n) is 18.0. The van der Waals surface area contributed by atoms with E-state index in [1.54, 1.807) is 13.1 Å². The number of carbonyl (C=O) groups excluding carboxylic acids is 2.